The zero-order chi connectivity index (χ0) is 15.2. The number of hydrogen-bond donors (Lipinski definition) is 2. The highest BCUT2D eigenvalue weighted by atomic mass is 79.9. The second-order valence-corrected chi connectivity index (χ2v) is 5.80. The Hall–Kier alpha value is -1.62. The summed E-state index contributed by atoms with van der Waals surface area (Å²) < 4.78 is 1.03. The summed E-state index contributed by atoms with van der Waals surface area (Å²) in [5, 5.41) is 6.67. The maximum absolute atomic E-state index is 4.54. The Bertz CT molecular complexity index is 613. The molecule has 0 atom stereocenters. The molecule has 1 heterocycles. The first-order valence-corrected chi connectivity index (χ1v) is 8.06. The first-order valence-electron chi connectivity index (χ1n) is 7.27. The largest absolute Gasteiger partial charge is 0.370 e. The monoisotopic (exact) mass is 348 g/mol. The molecule has 2 N–H and O–H groups in total. The van der Waals surface area contributed by atoms with E-state index in [0.29, 0.717) is 0 Å². The van der Waals surface area contributed by atoms with E-state index in [1.54, 1.807) is 0 Å². The van der Waals surface area contributed by atoms with Crippen LogP contribution >= 0.6 is 15.9 Å². The molecule has 0 spiro atoms. The van der Waals surface area contributed by atoms with Crippen molar-refractivity contribution < 1.29 is 0 Å². The molecule has 0 fully saturated rings. The maximum Gasteiger partial charge on any atom is 0.136 e. The number of anilines is 3. The lowest BCUT2D eigenvalue weighted by molar-refractivity contribution is 0.919. The molecule has 0 radical (unpaired) electrons. The third kappa shape index (κ3) is 4.43. The average Bonchev–Trinajstić information content (AvgIpc) is 2.48. The van der Waals surface area contributed by atoms with Gasteiger partial charge in [-0.05, 0) is 47.0 Å². The van der Waals surface area contributed by atoms with Gasteiger partial charge in [-0.3, -0.25) is 0 Å². The summed E-state index contributed by atoms with van der Waals surface area (Å²) in [6.45, 7) is 7.18. The summed E-state index contributed by atoms with van der Waals surface area (Å²) in [4.78, 5) is 9.03. The zero-order valence-electron chi connectivity index (χ0n) is 12.7. The van der Waals surface area contributed by atoms with Crippen molar-refractivity contribution >= 4 is 33.3 Å². The molecule has 5 heteroatoms. The molecule has 2 rings (SSSR count). The molecular formula is C16H21BrN4. The molecule has 0 aliphatic carbocycles. The Balaban J connectivity index is 2.25. The molecule has 0 unspecified atom stereocenters. The molecule has 0 saturated carbocycles. The number of rotatable bonds is 6. The van der Waals surface area contributed by atoms with Crippen molar-refractivity contribution in [2.45, 2.75) is 33.6 Å². The van der Waals surface area contributed by atoms with E-state index >= 15 is 0 Å². The smallest absolute Gasteiger partial charge is 0.136 e. The van der Waals surface area contributed by atoms with Gasteiger partial charge >= 0.3 is 0 Å². The van der Waals surface area contributed by atoms with Crippen LogP contribution in [0.3, 0.4) is 0 Å². The summed E-state index contributed by atoms with van der Waals surface area (Å²) in [6, 6.07) is 8.15. The number of aryl methyl sites for hydroxylation is 2. The number of hydrogen-bond acceptors (Lipinski definition) is 4. The molecule has 1 aromatic heterocycles. The fraction of sp³-hybridized carbons (Fsp3) is 0.375. The third-order valence-corrected chi connectivity index (χ3v) is 3.69. The molecule has 1 aromatic carbocycles. The zero-order valence-corrected chi connectivity index (χ0v) is 14.3. The van der Waals surface area contributed by atoms with Gasteiger partial charge in [-0.15, -0.1) is 0 Å². The van der Waals surface area contributed by atoms with Gasteiger partial charge in [0, 0.05) is 23.5 Å². The minimum Gasteiger partial charge on any atom is -0.370 e. The van der Waals surface area contributed by atoms with E-state index in [-0.39, 0.29) is 0 Å². The van der Waals surface area contributed by atoms with Crippen LogP contribution in [0.4, 0.5) is 17.3 Å². The maximum atomic E-state index is 4.54. The van der Waals surface area contributed by atoms with E-state index in [1.807, 2.05) is 12.1 Å². The van der Waals surface area contributed by atoms with Gasteiger partial charge in [-0.2, -0.15) is 0 Å². The topological polar surface area (TPSA) is 49.8 Å². The fourth-order valence-electron chi connectivity index (χ4n) is 1.92. The second-order valence-electron chi connectivity index (χ2n) is 4.94. The Morgan fingerprint density at radius 3 is 2.52 bits per heavy atom. The van der Waals surface area contributed by atoms with E-state index < -0.39 is 0 Å². The number of aromatic nitrogens is 2. The quantitative estimate of drug-likeness (QED) is 0.795. The highest BCUT2D eigenvalue weighted by Crippen LogP contribution is 2.26. The molecule has 0 aliphatic rings. The van der Waals surface area contributed by atoms with Gasteiger partial charge in [0.2, 0.25) is 0 Å². The molecule has 112 valence electrons. The van der Waals surface area contributed by atoms with E-state index in [0.717, 1.165) is 47.0 Å². The van der Waals surface area contributed by atoms with Gasteiger partial charge in [0.1, 0.15) is 17.5 Å². The van der Waals surface area contributed by atoms with Crippen LogP contribution in [0.15, 0.2) is 28.7 Å². The van der Waals surface area contributed by atoms with Crippen LogP contribution < -0.4 is 10.6 Å². The minimum atomic E-state index is 0.810. The normalized spacial score (nSPS) is 10.5. The highest BCUT2D eigenvalue weighted by molar-refractivity contribution is 9.10. The van der Waals surface area contributed by atoms with Crippen LogP contribution in [0.25, 0.3) is 0 Å². The van der Waals surface area contributed by atoms with Crippen LogP contribution in [0.1, 0.15) is 31.7 Å². The van der Waals surface area contributed by atoms with Crippen LogP contribution in [0, 0.1) is 6.92 Å². The van der Waals surface area contributed by atoms with Gasteiger partial charge in [-0.1, -0.05) is 19.9 Å². The predicted octanol–water partition coefficient (Wildman–Crippen LogP) is 4.68. The van der Waals surface area contributed by atoms with E-state index in [1.165, 1.54) is 5.56 Å². The molecule has 0 amide bonds. The predicted molar refractivity (Wildman–Crippen MR) is 92.4 cm³/mol. The van der Waals surface area contributed by atoms with Crippen LogP contribution in [-0.2, 0) is 6.42 Å². The van der Waals surface area contributed by atoms with E-state index in [2.05, 4.69) is 69.4 Å². The van der Waals surface area contributed by atoms with Crippen LogP contribution in [0.2, 0.25) is 0 Å². The van der Waals surface area contributed by atoms with Gasteiger partial charge in [0.15, 0.2) is 0 Å². The number of nitrogens with one attached hydrogen (secondary N) is 2. The Labute approximate surface area is 134 Å². The van der Waals surface area contributed by atoms with Crippen LogP contribution in [0.5, 0.6) is 0 Å². The highest BCUT2D eigenvalue weighted by Gasteiger charge is 2.06. The summed E-state index contributed by atoms with van der Waals surface area (Å²) in [7, 11) is 0. The van der Waals surface area contributed by atoms with Gasteiger partial charge < -0.3 is 10.6 Å². The summed E-state index contributed by atoms with van der Waals surface area (Å²) in [5.41, 5.74) is 2.22. The molecule has 0 aliphatic heterocycles. The number of nitrogens with zero attached hydrogens (tertiary/aromatic N) is 2. The Kier molecular flexibility index (Phi) is 5.56. The SMILES string of the molecule is CCCNc1cc(Nc2ccc(C)cc2Br)nc(CC)n1. The van der Waals surface area contributed by atoms with Crippen molar-refractivity contribution in [3.8, 4) is 0 Å². The fourth-order valence-corrected chi connectivity index (χ4v) is 2.51. The number of benzene rings is 1. The molecule has 21 heavy (non-hydrogen) atoms. The summed E-state index contributed by atoms with van der Waals surface area (Å²) in [6.07, 6.45) is 1.88. The second kappa shape index (κ2) is 7.41. The van der Waals surface area contributed by atoms with Crippen molar-refractivity contribution in [2.75, 3.05) is 17.2 Å². The van der Waals surface area contributed by atoms with Crippen molar-refractivity contribution in [2.24, 2.45) is 0 Å². The lowest BCUT2D eigenvalue weighted by Crippen LogP contribution is -2.07. The van der Waals surface area contributed by atoms with Crippen molar-refractivity contribution in [1.29, 1.82) is 0 Å². The van der Waals surface area contributed by atoms with Crippen molar-refractivity contribution in [3.05, 3.63) is 40.1 Å². The standard InChI is InChI=1S/C16H21BrN4/c1-4-8-18-15-10-16(21-14(5-2)20-15)19-13-7-6-11(3)9-12(13)17/h6-7,9-10H,4-5,8H2,1-3H3,(H2,18,19,20,21). The van der Waals surface area contributed by atoms with Gasteiger partial charge in [0.05, 0.1) is 5.69 Å². The first-order chi connectivity index (χ1) is 10.1. The Morgan fingerprint density at radius 1 is 1.10 bits per heavy atom. The third-order valence-electron chi connectivity index (χ3n) is 3.03. The van der Waals surface area contributed by atoms with Crippen LogP contribution in [-0.4, -0.2) is 16.5 Å². The van der Waals surface area contributed by atoms with Gasteiger partial charge in [0.25, 0.3) is 0 Å². The molecule has 0 bridgehead atoms. The first kappa shape index (κ1) is 15.8. The summed E-state index contributed by atoms with van der Waals surface area (Å²) in [5.74, 6) is 2.52. The minimum absolute atomic E-state index is 0.810. The lowest BCUT2D eigenvalue weighted by Gasteiger charge is -2.12. The molecule has 0 saturated heterocycles. The molecule has 2 aromatic rings. The van der Waals surface area contributed by atoms with Crippen molar-refractivity contribution in [1.82, 2.24) is 9.97 Å². The van der Waals surface area contributed by atoms with E-state index in [4.69, 9.17) is 0 Å². The lowest BCUT2D eigenvalue weighted by atomic mass is 10.2. The average molecular weight is 349 g/mol. The Morgan fingerprint density at radius 2 is 1.86 bits per heavy atom. The number of halogens is 1. The van der Waals surface area contributed by atoms with E-state index in [9.17, 15) is 0 Å². The van der Waals surface area contributed by atoms with Crippen molar-refractivity contribution in [3.63, 3.8) is 0 Å². The summed E-state index contributed by atoms with van der Waals surface area (Å²) >= 11 is 3.58. The van der Waals surface area contributed by atoms with Gasteiger partial charge in [-0.25, -0.2) is 9.97 Å². The molecule has 4 nitrogen and oxygen atoms in total. The molecular weight excluding hydrogens is 328 g/mol.